The van der Waals surface area contributed by atoms with Crippen molar-refractivity contribution in [2.45, 2.75) is 59.0 Å². The second-order valence-electron chi connectivity index (χ2n) is 6.05. The van der Waals surface area contributed by atoms with Gasteiger partial charge in [-0.2, -0.15) is 0 Å². The van der Waals surface area contributed by atoms with Crippen LogP contribution < -0.4 is 0 Å². The van der Waals surface area contributed by atoms with Crippen LogP contribution in [0.4, 0.5) is 0 Å². The first-order valence-electron chi connectivity index (χ1n) is 5.77. The van der Waals surface area contributed by atoms with E-state index in [2.05, 4.69) is 20.8 Å². The minimum Gasteiger partial charge on any atom is -0.321 e. The van der Waals surface area contributed by atoms with Crippen molar-refractivity contribution in [1.82, 2.24) is 0 Å². The van der Waals surface area contributed by atoms with Gasteiger partial charge in [-0.1, -0.05) is 20.8 Å². The molecule has 3 fully saturated rings. The molecule has 80 valence electrons. The molecule has 0 aromatic rings. The molecule has 2 saturated carbocycles. The van der Waals surface area contributed by atoms with Crippen molar-refractivity contribution in [2.75, 3.05) is 0 Å². The van der Waals surface area contributed by atoms with Crippen molar-refractivity contribution in [3.8, 4) is 0 Å². The third-order valence-electron chi connectivity index (χ3n) is 5.50. The molecule has 14 heavy (non-hydrogen) atoms. The summed E-state index contributed by atoms with van der Waals surface area (Å²) in [4.78, 5) is 0. The van der Waals surface area contributed by atoms with Gasteiger partial charge in [0.05, 0.1) is 0 Å². The van der Waals surface area contributed by atoms with E-state index in [0.29, 0.717) is 5.41 Å². The molecule has 1 heterocycles. The zero-order valence-corrected chi connectivity index (χ0v) is 9.59. The van der Waals surface area contributed by atoms with E-state index in [1.807, 2.05) is 6.92 Å². The van der Waals surface area contributed by atoms with E-state index in [9.17, 15) is 0 Å². The third kappa shape index (κ3) is 0.704. The molecule has 0 amide bonds. The minimum absolute atomic E-state index is 0.0157. The Morgan fingerprint density at radius 3 is 2.14 bits per heavy atom. The van der Waals surface area contributed by atoms with E-state index >= 15 is 0 Å². The molecule has 0 N–H and O–H groups in total. The second-order valence-corrected chi connectivity index (χ2v) is 6.05. The van der Waals surface area contributed by atoms with Crippen LogP contribution in [0.2, 0.25) is 0 Å². The quantitative estimate of drug-likeness (QED) is 0.593. The van der Waals surface area contributed by atoms with Gasteiger partial charge in [-0.05, 0) is 31.1 Å². The lowest BCUT2D eigenvalue weighted by molar-refractivity contribution is -0.480. The van der Waals surface area contributed by atoms with E-state index in [1.165, 1.54) is 12.8 Å². The highest BCUT2D eigenvalue weighted by atomic mass is 16.9. The van der Waals surface area contributed by atoms with Crippen molar-refractivity contribution in [3.05, 3.63) is 0 Å². The Hall–Kier alpha value is -0.0800. The zero-order chi connectivity index (χ0) is 10.2. The molecule has 3 rings (SSSR count). The van der Waals surface area contributed by atoms with Crippen LogP contribution in [0.15, 0.2) is 0 Å². The fraction of sp³-hybridized carbons (Fsp3) is 1.00. The molecular formula is C12H20O2. The van der Waals surface area contributed by atoms with E-state index < -0.39 is 0 Å². The summed E-state index contributed by atoms with van der Waals surface area (Å²) in [5.41, 5.74) is 0.615. The summed E-state index contributed by atoms with van der Waals surface area (Å²) < 4.78 is 11.9. The van der Waals surface area contributed by atoms with Crippen LogP contribution in [0.1, 0.15) is 47.0 Å². The van der Waals surface area contributed by atoms with E-state index in [1.54, 1.807) is 0 Å². The molecule has 2 aliphatic carbocycles. The largest absolute Gasteiger partial charge is 0.321 e. The lowest BCUT2D eigenvalue weighted by Crippen LogP contribution is -2.61. The molecule has 2 nitrogen and oxygen atoms in total. The highest BCUT2D eigenvalue weighted by Gasteiger charge is 2.74. The molecule has 2 atom stereocenters. The maximum Gasteiger partial charge on any atom is 0.180 e. The number of hydrogen-bond donors (Lipinski definition) is 0. The molecule has 2 heteroatoms. The maximum atomic E-state index is 5.94. The van der Waals surface area contributed by atoms with Crippen LogP contribution in [0, 0.1) is 16.7 Å². The first kappa shape index (κ1) is 9.17. The van der Waals surface area contributed by atoms with Crippen molar-refractivity contribution < 1.29 is 9.47 Å². The molecule has 1 aliphatic heterocycles. The van der Waals surface area contributed by atoms with Gasteiger partial charge in [-0.3, -0.25) is 0 Å². The Balaban J connectivity index is 2.00. The topological polar surface area (TPSA) is 18.5 Å². The van der Waals surface area contributed by atoms with Gasteiger partial charge in [0.25, 0.3) is 0 Å². The van der Waals surface area contributed by atoms with Crippen LogP contribution in [-0.4, -0.2) is 12.1 Å². The Morgan fingerprint density at radius 2 is 1.79 bits per heavy atom. The number of rotatable bonds is 0. The summed E-state index contributed by atoms with van der Waals surface area (Å²) in [5, 5.41) is 0. The van der Waals surface area contributed by atoms with Crippen LogP contribution in [0.5, 0.6) is 0 Å². The van der Waals surface area contributed by atoms with Gasteiger partial charge >= 0.3 is 0 Å². The first-order valence-corrected chi connectivity index (χ1v) is 5.77. The molecular weight excluding hydrogens is 176 g/mol. The number of hydrogen-bond acceptors (Lipinski definition) is 2. The molecule has 2 unspecified atom stereocenters. The van der Waals surface area contributed by atoms with E-state index in [0.717, 1.165) is 12.3 Å². The Morgan fingerprint density at radius 1 is 1.14 bits per heavy atom. The summed E-state index contributed by atoms with van der Waals surface area (Å²) in [6, 6.07) is 0. The first-order chi connectivity index (χ1) is 6.41. The van der Waals surface area contributed by atoms with Crippen LogP contribution >= 0.6 is 0 Å². The average molecular weight is 196 g/mol. The zero-order valence-electron chi connectivity index (χ0n) is 9.59. The van der Waals surface area contributed by atoms with Crippen LogP contribution in [-0.2, 0) is 9.47 Å². The monoisotopic (exact) mass is 196 g/mol. The highest BCUT2D eigenvalue weighted by Crippen LogP contribution is 2.73. The number of fused-ring (bicyclic) bond motifs is 3. The van der Waals surface area contributed by atoms with Crippen molar-refractivity contribution in [2.24, 2.45) is 16.7 Å². The fourth-order valence-corrected chi connectivity index (χ4v) is 4.09. The lowest BCUT2D eigenvalue weighted by Gasteiger charge is -2.55. The van der Waals surface area contributed by atoms with Gasteiger partial charge < -0.3 is 9.47 Å². The second kappa shape index (κ2) is 2.19. The number of ether oxygens (including phenoxy) is 2. The smallest absolute Gasteiger partial charge is 0.180 e. The standard InChI is InChI=1S/C12H20O2/c1-8-13-12(14-8)7-9-5-6-11(12,4)10(9,2)3/h8-9H,5-7H2,1-4H3. The van der Waals surface area contributed by atoms with Gasteiger partial charge in [0.1, 0.15) is 0 Å². The summed E-state index contributed by atoms with van der Waals surface area (Å²) >= 11 is 0. The molecule has 1 spiro atoms. The van der Waals surface area contributed by atoms with Gasteiger partial charge in [-0.15, -0.1) is 0 Å². The molecule has 3 aliphatic rings. The van der Waals surface area contributed by atoms with Crippen molar-refractivity contribution >= 4 is 0 Å². The summed E-state index contributed by atoms with van der Waals surface area (Å²) in [6.45, 7) is 9.11. The Labute approximate surface area is 86.0 Å². The summed E-state index contributed by atoms with van der Waals surface area (Å²) in [6.07, 6.45) is 3.74. The molecule has 1 saturated heterocycles. The van der Waals surface area contributed by atoms with Gasteiger partial charge in [0, 0.05) is 11.8 Å². The van der Waals surface area contributed by atoms with Gasteiger partial charge in [0.2, 0.25) is 0 Å². The van der Waals surface area contributed by atoms with Crippen LogP contribution in [0.25, 0.3) is 0 Å². The fourth-order valence-electron chi connectivity index (χ4n) is 4.09. The van der Waals surface area contributed by atoms with E-state index in [-0.39, 0.29) is 17.5 Å². The normalized spacial score (nSPS) is 59.1. The minimum atomic E-state index is -0.223. The van der Waals surface area contributed by atoms with Crippen LogP contribution in [0.3, 0.4) is 0 Å². The Bertz CT molecular complexity index is 278. The predicted molar refractivity (Wildman–Crippen MR) is 53.6 cm³/mol. The predicted octanol–water partition coefficient (Wildman–Crippen LogP) is 2.92. The van der Waals surface area contributed by atoms with Crippen molar-refractivity contribution in [1.29, 1.82) is 0 Å². The van der Waals surface area contributed by atoms with E-state index in [4.69, 9.17) is 9.47 Å². The molecule has 2 bridgehead atoms. The highest BCUT2D eigenvalue weighted by molar-refractivity contribution is 5.16. The van der Waals surface area contributed by atoms with Gasteiger partial charge in [0.15, 0.2) is 12.1 Å². The average Bonchev–Trinajstić information content (AvgIpc) is 2.34. The lowest BCUT2D eigenvalue weighted by atomic mass is 9.68. The molecule has 0 radical (unpaired) electrons. The molecule has 0 aromatic heterocycles. The Kier molecular flexibility index (Phi) is 1.44. The molecule has 0 aromatic carbocycles. The summed E-state index contributed by atoms with van der Waals surface area (Å²) in [5.74, 6) is 0.568. The van der Waals surface area contributed by atoms with Crippen molar-refractivity contribution in [3.63, 3.8) is 0 Å². The van der Waals surface area contributed by atoms with Gasteiger partial charge in [-0.25, -0.2) is 0 Å². The summed E-state index contributed by atoms with van der Waals surface area (Å²) in [7, 11) is 0. The maximum absolute atomic E-state index is 5.94. The third-order valence-corrected chi connectivity index (χ3v) is 5.50. The SMILES string of the molecule is CC1OC2(CC3CCC2(C)C3(C)C)O1.